The summed E-state index contributed by atoms with van der Waals surface area (Å²) in [5.41, 5.74) is 3.96. The molecule has 2 aliphatic rings. The molecule has 7 nitrogen and oxygen atoms in total. The van der Waals surface area contributed by atoms with E-state index >= 15 is 0 Å². The number of carbonyl (C=O) groups is 2. The number of nitrogens with zero attached hydrogens (tertiary/aromatic N) is 2. The number of hydrogen-bond acceptors (Lipinski definition) is 5. The lowest BCUT2D eigenvalue weighted by Crippen LogP contribution is -2.44. The molecular formula is C25H34N4O3. The molecule has 1 unspecified atom stereocenters. The number of rotatable bonds is 7. The number of carbonyl (C=O) groups excluding carboxylic acids is 2. The molecular weight excluding hydrogens is 404 g/mol. The van der Waals surface area contributed by atoms with Gasteiger partial charge >= 0.3 is 6.09 Å². The molecule has 32 heavy (non-hydrogen) atoms. The quantitative estimate of drug-likeness (QED) is 0.499. The van der Waals surface area contributed by atoms with Gasteiger partial charge in [0.1, 0.15) is 11.6 Å². The largest absolute Gasteiger partial charge is 0.450 e. The van der Waals surface area contributed by atoms with E-state index in [0.717, 1.165) is 37.7 Å². The SMILES string of the molecule is CCOC(=O)N1CCC(N/C=C(/C#N)C(=O)NC(CC)c2ccc3c(c2)CCCC3)CC1. The minimum atomic E-state index is -0.367. The van der Waals surface area contributed by atoms with Crippen molar-refractivity contribution in [2.24, 2.45) is 0 Å². The van der Waals surface area contributed by atoms with E-state index in [9.17, 15) is 14.9 Å². The summed E-state index contributed by atoms with van der Waals surface area (Å²) in [6, 6.07) is 8.51. The highest BCUT2D eigenvalue weighted by atomic mass is 16.6. The van der Waals surface area contributed by atoms with Crippen molar-refractivity contribution in [3.8, 4) is 6.07 Å². The highest BCUT2D eigenvalue weighted by Crippen LogP contribution is 2.26. The number of hydrogen-bond donors (Lipinski definition) is 2. The van der Waals surface area contributed by atoms with Crippen LogP contribution in [0, 0.1) is 11.3 Å². The Hall–Kier alpha value is -3.01. The molecule has 1 saturated heterocycles. The molecule has 1 aliphatic heterocycles. The highest BCUT2D eigenvalue weighted by molar-refractivity contribution is 5.97. The average molecular weight is 439 g/mol. The average Bonchev–Trinajstić information content (AvgIpc) is 2.83. The summed E-state index contributed by atoms with van der Waals surface area (Å²) in [7, 11) is 0. The standard InChI is InChI=1S/C25H34N4O3/c1-3-23(20-10-9-18-7-5-6-8-19(18)15-20)28-24(30)21(16-26)17-27-22-11-13-29(14-12-22)25(31)32-4-2/h9-10,15,17,22-23,27H,3-8,11-14H2,1-2H3,(H,28,30)/b21-17-. The third-order valence-corrected chi connectivity index (χ3v) is 6.34. The molecule has 1 heterocycles. The third kappa shape index (κ3) is 6.03. The van der Waals surface area contributed by atoms with Crippen LogP contribution in [0.25, 0.3) is 0 Å². The molecule has 7 heteroatoms. The third-order valence-electron chi connectivity index (χ3n) is 6.34. The monoisotopic (exact) mass is 438 g/mol. The molecule has 2 amide bonds. The summed E-state index contributed by atoms with van der Waals surface area (Å²) < 4.78 is 5.04. The predicted octanol–water partition coefficient (Wildman–Crippen LogP) is 3.75. The first kappa shape index (κ1) is 23.6. The van der Waals surface area contributed by atoms with Crippen molar-refractivity contribution < 1.29 is 14.3 Å². The van der Waals surface area contributed by atoms with Crippen LogP contribution in [0.4, 0.5) is 4.79 Å². The van der Waals surface area contributed by atoms with Crippen LogP contribution in [0.15, 0.2) is 30.0 Å². The van der Waals surface area contributed by atoms with Crippen molar-refractivity contribution in [2.45, 2.75) is 70.9 Å². The lowest BCUT2D eigenvalue weighted by atomic mass is 9.88. The lowest BCUT2D eigenvalue weighted by molar-refractivity contribution is -0.117. The Morgan fingerprint density at radius 3 is 2.59 bits per heavy atom. The molecule has 0 saturated carbocycles. The smallest absolute Gasteiger partial charge is 0.409 e. The summed E-state index contributed by atoms with van der Waals surface area (Å²) in [4.78, 5) is 26.3. The van der Waals surface area contributed by atoms with Gasteiger partial charge in [-0.1, -0.05) is 25.1 Å². The number of aryl methyl sites for hydroxylation is 2. The van der Waals surface area contributed by atoms with E-state index in [-0.39, 0.29) is 29.7 Å². The summed E-state index contributed by atoms with van der Waals surface area (Å²) in [5.74, 6) is -0.367. The van der Waals surface area contributed by atoms with Gasteiger partial charge in [0, 0.05) is 25.3 Å². The van der Waals surface area contributed by atoms with Crippen LogP contribution in [0.2, 0.25) is 0 Å². The number of ether oxygens (including phenoxy) is 1. The van der Waals surface area contributed by atoms with Crippen molar-refractivity contribution in [3.05, 3.63) is 46.7 Å². The van der Waals surface area contributed by atoms with Crippen molar-refractivity contribution in [1.82, 2.24) is 15.5 Å². The fourth-order valence-corrected chi connectivity index (χ4v) is 4.42. The molecule has 3 rings (SSSR count). The maximum absolute atomic E-state index is 12.8. The van der Waals surface area contributed by atoms with Gasteiger partial charge < -0.3 is 20.3 Å². The van der Waals surface area contributed by atoms with Crippen molar-refractivity contribution in [1.29, 1.82) is 5.26 Å². The molecule has 1 aromatic carbocycles. The second-order valence-corrected chi connectivity index (χ2v) is 8.47. The molecule has 1 aliphatic carbocycles. The molecule has 0 aromatic heterocycles. The van der Waals surface area contributed by atoms with Gasteiger partial charge in [-0.2, -0.15) is 5.26 Å². The summed E-state index contributed by atoms with van der Waals surface area (Å²) in [5, 5.41) is 15.7. The number of amides is 2. The van der Waals surface area contributed by atoms with E-state index in [1.54, 1.807) is 11.8 Å². The Labute approximate surface area is 190 Å². The summed E-state index contributed by atoms with van der Waals surface area (Å²) in [6.45, 7) is 5.38. The van der Waals surface area contributed by atoms with E-state index in [1.165, 1.54) is 30.2 Å². The second-order valence-electron chi connectivity index (χ2n) is 8.47. The van der Waals surface area contributed by atoms with Crippen LogP contribution in [0.1, 0.15) is 68.7 Å². The zero-order chi connectivity index (χ0) is 22.9. The van der Waals surface area contributed by atoms with E-state index < -0.39 is 0 Å². The van der Waals surface area contributed by atoms with Crippen LogP contribution in [-0.2, 0) is 22.4 Å². The number of likely N-dealkylation sites (tertiary alicyclic amines) is 1. The van der Waals surface area contributed by atoms with Gasteiger partial charge in [-0.3, -0.25) is 4.79 Å². The summed E-state index contributed by atoms with van der Waals surface area (Å²) >= 11 is 0. The van der Waals surface area contributed by atoms with Gasteiger partial charge in [0.15, 0.2) is 0 Å². The fraction of sp³-hybridized carbons (Fsp3) is 0.560. The van der Waals surface area contributed by atoms with Crippen molar-refractivity contribution >= 4 is 12.0 Å². The predicted molar refractivity (Wildman–Crippen MR) is 123 cm³/mol. The highest BCUT2D eigenvalue weighted by Gasteiger charge is 2.23. The zero-order valence-electron chi connectivity index (χ0n) is 19.2. The number of nitrogens with one attached hydrogen (secondary N) is 2. The van der Waals surface area contributed by atoms with E-state index in [4.69, 9.17) is 4.74 Å². The Kier molecular flexibility index (Phi) is 8.55. The van der Waals surface area contributed by atoms with Gasteiger partial charge in [-0.15, -0.1) is 0 Å². The van der Waals surface area contributed by atoms with Crippen LogP contribution >= 0.6 is 0 Å². The van der Waals surface area contributed by atoms with Gasteiger partial charge in [-0.05, 0) is 68.6 Å². The first-order valence-electron chi connectivity index (χ1n) is 11.8. The van der Waals surface area contributed by atoms with Crippen molar-refractivity contribution in [3.63, 3.8) is 0 Å². The molecule has 2 N–H and O–H groups in total. The number of nitriles is 1. The molecule has 1 aromatic rings. The normalized spacial score (nSPS) is 17.7. The fourth-order valence-electron chi connectivity index (χ4n) is 4.42. The van der Waals surface area contributed by atoms with E-state index in [0.29, 0.717) is 19.7 Å². The second kappa shape index (κ2) is 11.6. The van der Waals surface area contributed by atoms with Crippen LogP contribution < -0.4 is 10.6 Å². The van der Waals surface area contributed by atoms with Gasteiger partial charge in [0.05, 0.1) is 12.6 Å². The summed E-state index contributed by atoms with van der Waals surface area (Å²) in [6.07, 6.45) is 8.14. The maximum atomic E-state index is 12.8. The van der Waals surface area contributed by atoms with Gasteiger partial charge in [0.25, 0.3) is 5.91 Å². The Morgan fingerprint density at radius 2 is 1.94 bits per heavy atom. The Morgan fingerprint density at radius 1 is 1.22 bits per heavy atom. The topological polar surface area (TPSA) is 94.5 Å². The van der Waals surface area contributed by atoms with Crippen LogP contribution in [-0.4, -0.2) is 42.6 Å². The Balaban J connectivity index is 1.56. The van der Waals surface area contributed by atoms with Crippen molar-refractivity contribution in [2.75, 3.05) is 19.7 Å². The maximum Gasteiger partial charge on any atom is 0.409 e. The minimum Gasteiger partial charge on any atom is -0.450 e. The zero-order valence-corrected chi connectivity index (χ0v) is 19.2. The first-order chi connectivity index (χ1) is 15.5. The van der Waals surface area contributed by atoms with Gasteiger partial charge in [-0.25, -0.2) is 4.79 Å². The van der Waals surface area contributed by atoms with E-state index in [2.05, 4.69) is 28.8 Å². The molecule has 1 atom stereocenters. The minimum absolute atomic E-state index is 0.0641. The van der Waals surface area contributed by atoms with Crippen LogP contribution in [0.3, 0.4) is 0 Å². The molecule has 0 radical (unpaired) electrons. The number of piperidine rings is 1. The van der Waals surface area contributed by atoms with Crippen LogP contribution in [0.5, 0.6) is 0 Å². The number of benzene rings is 1. The Bertz CT molecular complexity index is 882. The van der Waals surface area contributed by atoms with E-state index in [1.807, 2.05) is 13.0 Å². The van der Waals surface area contributed by atoms with Gasteiger partial charge in [0.2, 0.25) is 0 Å². The molecule has 1 fully saturated rings. The molecule has 0 bridgehead atoms. The lowest BCUT2D eigenvalue weighted by Gasteiger charge is -2.31. The number of fused-ring (bicyclic) bond motifs is 1. The molecule has 172 valence electrons. The molecule has 0 spiro atoms. The first-order valence-corrected chi connectivity index (χ1v) is 11.8.